The fourth-order valence-corrected chi connectivity index (χ4v) is 4.88. The molecule has 3 heterocycles. The Hall–Kier alpha value is -3.16. The van der Waals surface area contributed by atoms with Gasteiger partial charge in [0.15, 0.2) is 5.69 Å². The smallest absolute Gasteiger partial charge is 0.276 e. The lowest BCUT2D eigenvalue weighted by molar-refractivity contribution is 0.0115. The van der Waals surface area contributed by atoms with Crippen LogP contribution in [0.25, 0.3) is 5.69 Å². The number of carbonyl (C=O) groups excluding carboxylic acids is 1. The number of anilines is 2. The van der Waals surface area contributed by atoms with Crippen LogP contribution in [0.15, 0.2) is 48.7 Å². The Morgan fingerprint density at radius 3 is 2.50 bits per heavy atom. The van der Waals surface area contributed by atoms with E-state index in [-0.39, 0.29) is 24.0 Å². The second-order valence-corrected chi connectivity index (χ2v) is 9.11. The quantitative estimate of drug-likeness (QED) is 0.538. The largest absolute Gasteiger partial charge is 0.379 e. The molecule has 0 aliphatic carbocycles. The Labute approximate surface area is 221 Å². The first-order chi connectivity index (χ1) is 17.1. The summed E-state index contributed by atoms with van der Waals surface area (Å²) < 4.78 is 6.92. The highest BCUT2D eigenvalue weighted by Crippen LogP contribution is 2.28. The van der Waals surface area contributed by atoms with Crippen molar-refractivity contribution in [1.29, 1.82) is 5.26 Å². The molecule has 2 aliphatic heterocycles. The Morgan fingerprint density at radius 2 is 1.81 bits per heavy atom. The average molecular weight is 528 g/mol. The Kier molecular flexibility index (Phi) is 8.44. The number of amides is 1. The molecule has 0 saturated carbocycles. The first kappa shape index (κ1) is 25.9. The van der Waals surface area contributed by atoms with Gasteiger partial charge in [-0.05, 0) is 55.3 Å². The number of piperidine rings is 1. The molecular weight excluding hydrogens is 501 g/mol. The van der Waals surface area contributed by atoms with Gasteiger partial charge in [0, 0.05) is 42.9 Å². The van der Waals surface area contributed by atoms with Crippen molar-refractivity contribution in [2.75, 3.05) is 49.6 Å². The van der Waals surface area contributed by atoms with Gasteiger partial charge in [-0.3, -0.25) is 9.69 Å². The van der Waals surface area contributed by atoms with Crippen molar-refractivity contribution < 1.29 is 9.53 Å². The lowest BCUT2D eigenvalue weighted by Gasteiger charge is -2.41. The fraction of sp³-hybridized carbons (Fsp3) is 0.360. The van der Waals surface area contributed by atoms with Gasteiger partial charge in [-0.1, -0.05) is 16.8 Å². The summed E-state index contributed by atoms with van der Waals surface area (Å²) >= 11 is 5.96. The van der Waals surface area contributed by atoms with Crippen LogP contribution in [0, 0.1) is 11.3 Å². The van der Waals surface area contributed by atoms with Gasteiger partial charge >= 0.3 is 0 Å². The third kappa shape index (κ3) is 5.63. The van der Waals surface area contributed by atoms with Crippen molar-refractivity contribution in [1.82, 2.24) is 19.9 Å². The second-order valence-electron chi connectivity index (χ2n) is 8.67. The standard InChI is InChI=1S/C25H26ClN7O2.ClH/c26-19-1-4-22(5-2-19)33-24(17-28-30-33)25(34)29-20-3-6-23(18(15-20)16-27)32-9-7-21(8-10-32)31-11-13-35-14-12-31;/h1-6,15,17,21H,7-14H2,(H,29,34);1H. The molecule has 0 atom stereocenters. The molecule has 1 amide bonds. The summed E-state index contributed by atoms with van der Waals surface area (Å²) in [6.45, 7) is 5.40. The minimum atomic E-state index is -0.368. The van der Waals surface area contributed by atoms with Gasteiger partial charge in [0.1, 0.15) is 6.07 Å². The van der Waals surface area contributed by atoms with Gasteiger partial charge in [-0.15, -0.1) is 17.5 Å². The van der Waals surface area contributed by atoms with E-state index in [0.717, 1.165) is 57.9 Å². The molecule has 9 nitrogen and oxygen atoms in total. The van der Waals surface area contributed by atoms with Gasteiger partial charge in [0.25, 0.3) is 5.91 Å². The summed E-state index contributed by atoms with van der Waals surface area (Å²) in [7, 11) is 0. The van der Waals surface area contributed by atoms with Gasteiger partial charge in [0.2, 0.25) is 0 Å². The van der Waals surface area contributed by atoms with Gasteiger partial charge in [-0.25, -0.2) is 4.68 Å². The maximum absolute atomic E-state index is 13.0. The highest BCUT2D eigenvalue weighted by atomic mass is 35.5. The van der Waals surface area contributed by atoms with Crippen molar-refractivity contribution in [3.8, 4) is 11.8 Å². The van der Waals surface area contributed by atoms with Crippen molar-refractivity contribution >= 4 is 41.3 Å². The lowest BCUT2D eigenvalue weighted by atomic mass is 10.0. The molecule has 36 heavy (non-hydrogen) atoms. The topological polar surface area (TPSA) is 99.3 Å². The molecule has 188 valence electrons. The van der Waals surface area contributed by atoms with Crippen molar-refractivity contribution in [2.45, 2.75) is 18.9 Å². The van der Waals surface area contributed by atoms with Crippen molar-refractivity contribution in [2.24, 2.45) is 0 Å². The number of morpholine rings is 1. The second kappa shape index (κ2) is 11.7. The number of ether oxygens (including phenoxy) is 1. The zero-order valence-electron chi connectivity index (χ0n) is 19.6. The Balaban J connectivity index is 0.00000304. The van der Waals surface area contributed by atoms with Crippen LogP contribution >= 0.6 is 24.0 Å². The number of halogens is 2. The first-order valence-electron chi connectivity index (χ1n) is 11.7. The normalized spacial score (nSPS) is 16.7. The Bertz CT molecular complexity index is 1230. The van der Waals surface area contributed by atoms with Crippen LogP contribution in [0.5, 0.6) is 0 Å². The first-order valence-corrected chi connectivity index (χ1v) is 12.1. The molecule has 0 radical (unpaired) electrons. The average Bonchev–Trinajstić information content (AvgIpc) is 3.40. The molecule has 2 aromatic carbocycles. The molecule has 0 spiro atoms. The minimum Gasteiger partial charge on any atom is -0.379 e. The number of rotatable bonds is 5. The van der Waals surface area contributed by atoms with Crippen LogP contribution in [-0.4, -0.2) is 71.2 Å². The zero-order chi connectivity index (χ0) is 24.2. The maximum atomic E-state index is 13.0. The summed E-state index contributed by atoms with van der Waals surface area (Å²) in [4.78, 5) is 17.8. The zero-order valence-corrected chi connectivity index (χ0v) is 21.2. The molecule has 1 aromatic heterocycles. The molecule has 2 saturated heterocycles. The number of carbonyl (C=O) groups is 1. The highest BCUT2D eigenvalue weighted by molar-refractivity contribution is 6.30. The number of benzene rings is 2. The van der Waals surface area contributed by atoms with Crippen LogP contribution in [0.1, 0.15) is 28.9 Å². The summed E-state index contributed by atoms with van der Waals surface area (Å²) in [5.74, 6) is -0.368. The molecule has 0 unspecified atom stereocenters. The number of nitrogens with one attached hydrogen (secondary N) is 1. The number of aromatic nitrogens is 3. The number of hydrogen-bond acceptors (Lipinski definition) is 7. The summed E-state index contributed by atoms with van der Waals surface area (Å²) in [5.41, 5.74) is 2.93. The van der Waals surface area contributed by atoms with E-state index in [1.807, 2.05) is 12.1 Å². The molecule has 2 fully saturated rings. The predicted molar refractivity (Wildman–Crippen MR) is 140 cm³/mol. The van der Waals surface area contributed by atoms with E-state index in [4.69, 9.17) is 16.3 Å². The van der Waals surface area contributed by atoms with E-state index in [9.17, 15) is 10.1 Å². The van der Waals surface area contributed by atoms with Crippen LogP contribution in [0.2, 0.25) is 5.02 Å². The number of nitriles is 1. The van der Waals surface area contributed by atoms with E-state index < -0.39 is 0 Å². The third-order valence-electron chi connectivity index (χ3n) is 6.60. The van der Waals surface area contributed by atoms with Gasteiger partial charge < -0.3 is 15.0 Å². The third-order valence-corrected chi connectivity index (χ3v) is 6.85. The van der Waals surface area contributed by atoms with Crippen LogP contribution in [0.3, 0.4) is 0 Å². The van der Waals surface area contributed by atoms with Crippen LogP contribution in [-0.2, 0) is 4.74 Å². The van der Waals surface area contributed by atoms with Gasteiger partial charge in [0.05, 0.1) is 36.3 Å². The molecular formula is C25H27Cl2N7O2. The summed E-state index contributed by atoms with van der Waals surface area (Å²) in [6.07, 6.45) is 3.53. The predicted octanol–water partition coefficient (Wildman–Crippen LogP) is 3.77. The summed E-state index contributed by atoms with van der Waals surface area (Å²) in [5, 5.41) is 21.2. The van der Waals surface area contributed by atoms with E-state index in [0.29, 0.717) is 28.0 Å². The van der Waals surface area contributed by atoms with E-state index in [2.05, 4.69) is 31.5 Å². The SMILES string of the molecule is Cl.N#Cc1cc(NC(=O)c2cnnn2-c2ccc(Cl)cc2)ccc1N1CCC(N2CCOCC2)CC1. The Morgan fingerprint density at radius 1 is 1.08 bits per heavy atom. The molecule has 2 aliphatic rings. The molecule has 3 aromatic rings. The molecule has 0 bridgehead atoms. The minimum absolute atomic E-state index is 0. The molecule has 1 N–H and O–H groups in total. The van der Waals surface area contributed by atoms with E-state index in [1.54, 1.807) is 30.3 Å². The molecule has 5 rings (SSSR count). The van der Waals surface area contributed by atoms with Crippen LogP contribution < -0.4 is 10.2 Å². The van der Waals surface area contributed by atoms with Crippen molar-refractivity contribution in [3.05, 3.63) is 64.9 Å². The fourth-order valence-electron chi connectivity index (χ4n) is 4.75. The van der Waals surface area contributed by atoms with E-state index >= 15 is 0 Å². The maximum Gasteiger partial charge on any atom is 0.276 e. The number of nitrogens with zero attached hydrogens (tertiary/aromatic N) is 6. The van der Waals surface area contributed by atoms with E-state index in [1.165, 1.54) is 10.9 Å². The monoisotopic (exact) mass is 527 g/mol. The summed E-state index contributed by atoms with van der Waals surface area (Å²) in [6, 6.07) is 15.3. The highest BCUT2D eigenvalue weighted by Gasteiger charge is 2.27. The number of hydrogen-bond donors (Lipinski definition) is 1. The molecule has 11 heteroatoms. The van der Waals surface area contributed by atoms with Crippen LogP contribution in [0.4, 0.5) is 11.4 Å². The van der Waals surface area contributed by atoms with Gasteiger partial charge in [-0.2, -0.15) is 5.26 Å². The van der Waals surface area contributed by atoms with Crippen molar-refractivity contribution in [3.63, 3.8) is 0 Å². The lowest BCUT2D eigenvalue weighted by Crippen LogP contribution is -2.49.